The molecule has 0 aromatic heterocycles. The van der Waals surface area contributed by atoms with E-state index in [0.29, 0.717) is 19.1 Å². The van der Waals surface area contributed by atoms with Gasteiger partial charge in [0.05, 0.1) is 0 Å². The fourth-order valence-electron chi connectivity index (χ4n) is 2.50. The number of amides is 1. The lowest BCUT2D eigenvalue weighted by Gasteiger charge is -2.23. The molecule has 112 valence electrons. The van der Waals surface area contributed by atoms with E-state index >= 15 is 0 Å². The molecular weight excluding hydrogens is 276 g/mol. The summed E-state index contributed by atoms with van der Waals surface area (Å²) in [4.78, 5) is 14.4. The number of hydrogen-bond donors (Lipinski definition) is 1. The van der Waals surface area contributed by atoms with Crippen molar-refractivity contribution in [3.8, 4) is 0 Å². The molecule has 0 saturated carbocycles. The Balaban J connectivity index is 0.00000200. The molecule has 1 aromatic rings. The standard InChI is InChI=1S/C15H22N2O2.ClH/c1-2-19-14(13-6-4-3-5-7-13)15(18)17-9-8-12(10-16)11-17;/h3-7,12,14H,2,8-11,16H2,1H3;1H. The fourth-order valence-corrected chi connectivity index (χ4v) is 2.50. The minimum absolute atomic E-state index is 0. The molecule has 0 radical (unpaired) electrons. The number of likely N-dealkylation sites (tertiary alicyclic amines) is 1. The first-order chi connectivity index (χ1) is 9.26. The van der Waals surface area contributed by atoms with Gasteiger partial charge in [0.15, 0.2) is 6.10 Å². The Morgan fingerprint density at radius 3 is 2.70 bits per heavy atom. The van der Waals surface area contributed by atoms with Crippen molar-refractivity contribution < 1.29 is 9.53 Å². The van der Waals surface area contributed by atoms with E-state index < -0.39 is 6.10 Å². The molecule has 5 heteroatoms. The first-order valence-corrected chi connectivity index (χ1v) is 6.91. The third-order valence-corrected chi connectivity index (χ3v) is 3.59. The van der Waals surface area contributed by atoms with E-state index in [1.54, 1.807) is 0 Å². The van der Waals surface area contributed by atoms with Crippen LogP contribution >= 0.6 is 12.4 Å². The highest BCUT2D eigenvalue weighted by atomic mass is 35.5. The van der Waals surface area contributed by atoms with Crippen LogP contribution in [0.4, 0.5) is 0 Å². The molecule has 0 spiro atoms. The molecular formula is C15H23ClN2O2. The lowest BCUT2D eigenvalue weighted by atomic mass is 10.1. The summed E-state index contributed by atoms with van der Waals surface area (Å²) in [5.74, 6) is 0.492. The molecule has 0 bridgehead atoms. The number of carbonyl (C=O) groups excluding carboxylic acids is 1. The van der Waals surface area contributed by atoms with Crippen LogP contribution in [0.3, 0.4) is 0 Å². The molecule has 1 saturated heterocycles. The highest BCUT2D eigenvalue weighted by Crippen LogP contribution is 2.24. The van der Waals surface area contributed by atoms with Gasteiger partial charge in [-0.05, 0) is 31.4 Å². The van der Waals surface area contributed by atoms with Gasteiger partial charge in [0, 0.05) is 19.7 Å². The van der Waals surface area contributed by atoms with Crippen LogP contribution < -0.4 is 5.73 Å². The molecule has 4 nitrogen and oxygen atoms in total. The van der Waals surface area contributed by atoms with E-state index in [0.717, 1.165) is 25.1 Å². The maximum Gasteiger partial charge on any atom is 0.256 e. The van der Waals surface area contributed by atoms with E-state index in [1.165, 1.54) is 0 Å². The second-order valence-electron chi connectivity index (χ2n) is 4.92. The fraction of sp³-hybridized carbons (Fsp3) is 0.533. The molecule has 1 aliphatic heterocycles. The van der Waals surface area contributed by atoms with Crippen molar-refractivity contribution in [3.05, 3.63) is 35.9 Å². The molecule has 1 heterocycles. The van der Waals surface area contributed by atoms with Crippen LogP contribution in [0.1, 0.15) is 25.0 Å². The van der Waals surface area contributed by atoms with Crippen molar-refractivity contribution in [2.24, 2.45) is 11.7 Å². The van der Waals surface area contributed by atoms with Gasteiger partial charge < -0.3 is 15.4 Å². The number of rotatable bonds is 5. The molecule has 0 aliphatic carbocycles. The third kappa shape index (κ3) is 3.95. The molecule has 2 atom stereocenters. The number of halogens is 1. The SMILES string of the molecule is CCOC(C(=O)N1CCC(CN)C1)c1ccccc1.Cl. The maximum absolute atomic E-state index is 12.6. The Bertz CT molecular complexity index is 414. The summed E-state index contributed by atoms with van der Waals surface area (Å²) in [7, 11) is 0. The van der Waals surface area contributed by atoms with Crippen LogP contribution in [0.2, 0.25) is 0 Å². The van der Waals surface area contributed by atoms with Crippen LogP contribution in [0, 0.1) is 5.92 Å². The summed E-state index contributed by atoms with van der Waals surface area (Å²) >= 11 is 0. The number of carbonyl (C=O) groups is 1. The van der Waals surface area contributed by atoms with Gasteiger partial charge in [0.1, 0.15) is 0 Å². The Labute approximate surface area is 126 Å². The predicted molar refractivity (Wildman–Crippen MR) is 81.8 cm³/mol. The van der Waals surface area contributed by atoms with Crippen molar-refractivity contribution in [2.45, 2.75) is 19.4 Å². The summed E-state index contributed by atoms with van der Waals surface area (Å²) in [5.41, 5.74) is 6.59. The van der Waals surface area contributed by atoms with Crippen molar-refractivity contribution >= 4 is 18.3 Å². The van der Waals surface area contributed by atoms with E-state index in [2.05, 4.69) is 0 Å². The number of ether oxygens (including phenoxy) is 1. The quantitative estimate of drug-likeness (QED) is 0.904. The highest BCUT2D eigenvalue weighted by molar-refractivity contribution is 5.85. The molecule has 1 aliphatic rings. The Morgan fingerprint density at radius 2 is 2.15 bits per heavy atom. The molecule has 20 heavy (non-hydrogen) atoms. The van der Waals surface area contributed by atoms with Crippen molar-refractivity contribution in [2.75, 3.05) is 26.2 Å². The molecule has 1 amide bonds. The van der Waals surface area contributed by atoms with Crippen LogP contribution in [-0.4, -0.2) is 37.0 Å². The minimum Gasteiger partial charge on any atom is -0.364 e. The average Bonchev–Trinajstić information content (AvgIpc) is 2.94. The predicted octanol–water partition coefficient (Wildman–Crippen LogP) is 1.99. The zero-order valence-corrected chi connectivity index (χ0v) is 12.6. The number of hydrogen-bond acceptors (Lipinski definition) is 3. The van der Waals surface area contributed by atoms with Crippen LogP contribution in [0.25, 0.3) is 0 Å². The van der Waals surface area contributed by atoms with Gasteiger partial charge in [-0.15, -0.1) is 12.4 Å². The van der Waals surface area contributed by atoms with Crippen molar-refractivity contribution in [3.63, 3.8) is 0 Å². The normalized spacial score (nSPS) is 19.5. The topological polar surface area (TPSA) is 55.6 Å². The summed E-state index contributed by atoms with van der Waals surface area (Å²) < 4.78 is 5.65. The van der Waals surface area contributed by atoms with Crippen LogP contribution in [0.15, 0.2) is 30.3 Å². The Kier molecular flexibility index (Phi) is 6.99. The van der Waals surface area contributed by atoms with Gasteiger partial charge in [-0.3, -0.25) is 4.79 Å². The minimum atomic E-state index is -0.484. The summed E-state index contributed by atoms with van der Waals surface area (Å²) in [5, 5.41) is 0. The molecule has 1 fully saturated rings. The van der Waals surface area contributed by atoms with Crippen molar-refractivity contribution in [1.82, 2.24) is 4.90 Å². The van der Waals surface area contributed by atoms with Gasteiger partial charge in [-0.1, -0.05) is 30.3 Å². The summed E-state index contributed by atoms with van der Waals surface area (Å²) in [6, 6.07) is 9.68. The van der Waals surface area contributed by atoms with Gasteiger partial charge >= 0.3 is 0 Å². The first-order valence-electron chi connectivity index (χ1n) is 6.91. The summed E-state index contributed by atoms with van der Waals surface area (Å²) in [6.45, 7) is 4.63. The van der Waals surface area contributed by atoms with Gasteiger partial charge in [0.25, 0.3) is 5.91 Å². The second-order valence-corrected chi connectivity index (χ2v) is 4.92. The lowest BCUT2D eigenvalue weighted by molar-refractivity contribution is -0.143. The smallest absolute Gasteiger partial charge is 0.256 e. The molecule has 2 rings (SSSR count). The van der Waals surface area contributed by atoms with E-state index in [4.69, 9.17) is 10.5 Å². The van der Waals surface area contributed by atoms with Gasteiger partial charge in [-0.25, -0.2) is 0 Å². The summed E-state index contributed by atoms with van der Waals surface area (Å²) in [6.07, 6.45) is 0.512. The lowest BCUT2D eigenvalue weighted by Crippen LogP contribution is -2.35. The van der Waals surface area contributed by atoms with E-state index in [-0.39, 0.29) is 18.3 Å². The maximum atomic E-state index is 12.6. The molecule has 2 N–H and O–H groups in total. The van der Waals surface area contributed by atoms with Gasteiger partial charge in [0.2, 0.25) is 0 Å². The van der Waals surface area contributed by atoms with Crippen LogP contribution in [0.5, 0.6) is 0 Å². The third-order valence-electron chi connectivity index (χ3n) is 3.59. The first kappa shape index (κ1) is 17.0. The number of benzene rings is 1. The van der Waals surface area contributed by atoms with E-state index in [1.807, 2.05) is 42.2 Å². The monoisotopic (exact) mass is 298 g/mol. The highest BCUT2D eigenvalue weighted by Gasteiger charge is 2.31. The number of nitrogens with zero attached hydrogens (tertiary/aromatic N) is 1. The molecule has 2 unspecified atom stereocenters. The van der Waals surface area contributed by atoms with Crippen LogP contribution in [-0.2, 0) is 9.53 Å². The zero-order valence-electron chi connectivity index (χ0n) is 11.8. The zero-order chi connectivity index (χ0) is 13.7. The van der Waals surface area contributed by atoms with E-state index in [9.17, 15) is 4.79 Å². The Morgan fingerprint density at radius 1 is 1.45 bits per heavy atom. The largest absolute Gasteiger partial charge is 0.364 e. The molecule has 1 aromatic carbocycles. The van der Waals surface area contributed by atoms with Gasteiger partial charge in [-0.2, -0.15) is 0 Å². The second kappa shape index (κ2) is 8.25. The average molecular weight is 299 g/mol. The number of nitrogens with two attached hydrogens (primary N) is 1. The van der Waals surface area contributed by atoms with Crippen molar-refractivity contribution in [1.29, 1.82) is 0 Å². The Hall–Kier alpha value is -1.10.